The fourth-order valence-electron chi connectivity index (χ4n) is 2.40. The minimum Gasteiger partial charge on any atom is -0.505 e. The first kappa shape index (κ1) is 17.6. The number of esters is 1. The molecule has 3 aromatic rings. The molecule has 5 heteroatoms. The van der Waals surface area contributed by atoms with Gasteiger partial charge in [0.2, 0.25) is 0 Å². The van der Waals surface area contributed by atoms with Gasteiger partial charge in [0.15, 0.2) is 0 Å². The number of benzene rings is 2. The van der Waals surface area contributed by atoms with Crippen molar-refractivity contribution < 1.29 is 14.6 Å². The lowest BCUT2D eigenvalue weighted by Gasteiger charge is -2.04. The summed E-state index contributed by atoms with van der Waals surface area (Å²) < 4.78 is 5.92. The molecule has 128 valence electrons. The van der Waals surface area contributed by atoms with Crippen molar-refractivity contribution in [2.45, 2.75) is 16.9 Å². The molecular weight excluding hydrogens is 352 g/mol. The van der Waals surface area contributed by atoms with Gasteiger partial charge >= 0.3 is 5.97 Å². The van der Waals surface area contributed by atoms with Gasteiger partial charge in [-0.05, 0) is 18.1 Å². The third-order valence-corrected chi connectivity index (χ3v) is 6.15. The summed E-state index contributed by atoms with van der Waals surface area (Å²) in [5, 5.41) is 10.7. The summed E-state index contributed by atoms with van der Waals surface area (Å²) in [7, 11) is 0. The Morgan fingerprint density at radius 1 is 1.08 bits per heavy atom. The highest BCUT2D eigenvalue weighted by molar-refractivity contribution is 8.00. The monoisotopic (exact) mass is 370 g/mol. The Bertz CT molecular complexity index is 842. The van der Waals surface area contributed by atoms with Crippen LogP contribution < -0.4 is 0 Å². The van der Waals surface area contributed by atoms with Crippen molar-refractivity contribution in [3.05, 3.63) is 71.8 Å². The second-order valence-electron chi connectivity index (χ2n) is 5.30. The van der Waals surface area contributed by atoms with Crippen molar-refractivity contribution in [2.75, 3.05) is 6.61 Å². The number of rotatable bonds is 6. The van der Waals surface area contributed by atoms with E-state index in [-0.39, 0.29) is 17.9 Å². The minimum absolute atomic E-state index is 0.00483. The van der Waals surface area contributed by atoms with Crippen LogP contribution in [0.1, 0.15) is 22.8 Å². The normalized spacial score (nSPS) is 10.6. The maximum absolute atomic E-state index is 12.4. The van der Waals surface area contributed by atoms with E-state index >= 15 is 0 Å². The molecule has 25 heavy (non-hydrogen) atoms. The number of thioether (sulfide) groups is 1. The van der Waals surface area contributed by atoms with Gasteiger partial charge in [0, 0.05) is 5.75 Å². The molecule has 0 aliphatic rings. The summed E-state index contributed by atoms with van der Waals surface area (Å²) in [5.74, 6) is 0.251. The molecule has 3 nitrogen and oxygen atoms in total. The second-order valence-corrected chi connectivity index (χ2v) is 7.57. The van der Waals surface area contributed by atoms with Crippen LogP contribution in [0.5, 0.6) is 5.75 Å². The molecule has 0 saturated carbocycles. The molecule has 0 radical (unpaired) electrons. The van der Waals surface area contributed by atoms with Crippen LogP contribution in [0.4, 0.5) is 0 Å². The van der Waals surface area contributed by atoms with Crippen LogP contribution in [0.15, 0.2) is 64.9 Å². The van der Waals surface area contributed by atoms with Crippen LogP contribution in [0.25, 0.3) is 10.4 Å². The largest absolute Gasteiger partial charge is 0.505 e. The standard InChI is InChI=1S/C20H18O3S2/c1-2-23-19(22)16-17(21)18(15-11-7-4-8-12-15)25-20(16)24-13-14-9-5-3-6-10-14/h3-12,21H,2,13H2,1H3. The maximum Gasteiger partial charge on any atom is 0.343 e. The van der Waals surface area contributed by atoms with E-state index in [1.165, 1.54) is 11.3 Å². The van der Waals surface area contributed by atoms with E-state index in [0.29, 0.717) is 4.88 Å². The average molecular weight is 370 g/mol. The first-order valence-corrected chi connectivity index (χ1v) is 9.76. The maximum atomic E-state index is 12.4. The Labute approximate surface area is 155 Å². The summed E-state index contributed by atoms with van der Waals surface area (Å²) in [6.07, 6.45) is 0. The fraction of sp³-hybridized carbons (Fsp3) is 0.150. The lowest BCUT2D eigenvalue weighted by molar-refractivity contribution is 0.0520. The van der Waals surface area contributed by atoms with Crippen LogP contribution >= 0.6 is 23.1 Å². The van der Waals surface area contributed by atoms with E-state index in [9.17, 15) is 9.90 Å². The van der Waals surface area contributed by atoms with Crippen LogP contribution in [0, 0.1) is 0 Å². The lowest BCUT2D eigenvalue weighted by Crippen LogP contribution is -2.04. The van der Waals surface area contributed by atoms with Gasteiger partial charge in [-0.25, -0.2) is 4.79 Å². The van der Waals surface area contributed by atoms with Gasteiger partial charge in [0.25, 0.3) is 0 Å². The quantitative estimate of drug-likeness (QED) is 0.454. The number of carbonyl (C=O) groups excluding carboxylic acids is 1. The van der Waals surface area contributed by atoms with Crippen molar-refractivity contribution in [3.63, 3.8) is 0 Å². The molecule has 0 amide bonds. The van der Waals surface area contributed by atoms with Crippen molar-refractivity contribution in [2.24, 2.45) is 0 Å². The van der Waals surface area contributed by atoms with Crippen LogP contribution in [0.3, 0.4) is 0 Å². The molecule has 0 spiro atoms. The molecule has 0 fully saturated rings. The van der Waals surface area contributed by atoms with Crippen molar-refractivity contribution in [3.8, 4) is 16.2 Å². The smallest absolute Gasteiger partial charge is 0.343 e. The number of hydrogen-bond acceptors (Lipinski definition) is 5. The summed E-state index contributed by atoms with van der Waals surface area (Å²) >= 11 is 2.97. The molecule has 1 N–H and O–H groups in total. The number of thiophene rings is 1. The lowest BCUT2D eigenvalue weighted by atomic mass is 10.1. The Balaban J connectivity index is 1.96. The van der Waals surface area contributed by atoms with E-state index in [2.05, 4.69) is 0 Å². The van der Waals surface area contributed by atoms with Gasteiger partial charge in [-0.1, -0.05) is 60.7 Å². The minimum atomic E-state index is -0.478. The molecule has 2 aromatic carbocycles. The summed E-state index contributed by atoms with van der Waals surface area (Å²) in [6, 6.07) is 19.6. The zero-order valence-electron chi connectivity index (χ0n) is 13.8. The van der Waals surface area contributed by atoms with E-state index < -0.39 is 5.97 Å². The molecule has 0 atom stereocenters. The Morgan fingerprint density at radius 2 is 1.72 bits per heavy atom. The first-order valence-electron chi connectivity index (χ1n) is 7.95. The predicted molar refractivity (Wildman–Crippen MR) is 103 cm³/mol. The van der Waals surface area contributed by atoms with E-state index in [0.717, 1.165) is 21.1 Å². The van der Waals surface area contributed by atoms with Gasteiger partial charge in [-0.2, -0.15) is 0 Å². The van der Waals surface area contributed by atoms with Gasteiger partial charge in [0.1, 0.15) is 11.3 Å². The van der Waals surface area contributed by atoms with Gasteiger partial charge in [0.05, 0.1) is 15.7 Å². The first-order chi connectivity index (χ1) is 12.2. The fourth-order valence-corrected chi connectivity index (χ4v) is 4.79. The molecule has 0 bridgehead atoms. The predicted octanol–water partition coefficient (Wildman–Crippen LogP) is 5.59. The Hall–Kier alpha value is -2.24. The Kier molecular flexibility index (Phi) is 5.79. The molecule has 0 aliphatic carbocycles. The number of ether oxygens (including phenoxy) is 1. The summed E-state index contributed by atoms with van der Waals surface area (Å²) in [5.41, 5.74) is 2.32. The van der Waals surface area contributed by atoms with Crippen molar-refractivity contribution in [1.29, 1.82) is 0 Å². The third-order valence-electron chi connectivity index (χ3n) is 3.58. The van der Waals surface area contributed by atoms with Gasteiger partial charge in [-0.3, -0.25) is 0 Å². The third kappa shape index (κ3) is 4.06. The average Bonchev–Trinajstić information content (AvgIpc) is 2.98. The zero-order valence-corrected chi connectivity index (χ0v) is 15.4. The highest BCUT2D eigenvalue weighted by Gasteiger charge is 2.25. The SMILES string of the molecule is CCOC(=O)c1c(SCc2ccccc2)sc(-c2ccccc2)c1O. The molecule has 1 heterocycles. The molecular formula is C20H18O3S2. The number of aromatic hydroxyl groups is 1. The van der Waals surface area contributed by atoms with Crippen molar-refractivity contribution in [1.82, 2.24) is 0 Å². The highest BCUT2D eigenvalue weighted by Crippen LogP contribution is 2.47. The van der Waals surface area contributed by atoms with Crippen LogP contribution in [0.2, 0.25) is 0 Å². The second kappa shape index (κ2) is 8.23. The van der Waals surface area contributed by atoms with Crippen LogP contribution in [-0.2, 0) is 10.5 Å². The molecule has 0 unspecified atom stereocenters. The van der Waals surface area contributed by atoms with E-state index in [1.807, 2.05) is 60.7 Å². The molecule has 0 saturated heterocycles. The highest BCUT2D eigenvalue weighted by atomic mass is 32.2. The molecule has 1 aromatic heterocycles. The van der Waals surface area contributed by atoms with Gasteiger partial charge < -0.3 is 9.84 Å². The number of hydrogen-bond donors (Lipinski definition) is 1. The zero-order chi connectivity index (χ0) is 17.6. The van der Waals surface area contributed by atoms with E-state index in [4.69, 9.17) is 4.74 Å². The Morgan fingerprint density at radius 3 is 2.36 bits per heavy atom. The number of carbonyl (C=O) groups is 1. The molecule has 0 aliphatic heterocycles. The van der Waals surface area contributed by atoms with E-state index in [1.54, 1.807) is 18.7 Å². The topological polar surface area (TPSA) is 46.5 Å². The summed E-state index contributed by atoms with van der Waals surface area (Å²) in [6.45, 7) is 2.04. The van der Waals surface area contributed by atoms with Gasteiger partial charge in [-0.15, -0.1) is 23.1 Å². The summed E-state index contributed by atoms with van der Waals surface area (Å²) in [4.78, 5) is 13.0. The van der Waals surface area contributed by atoms with Crippen molar-refractivity contribution >= 4 is 29.1 Å². The van der Waals surface area contributed by atoms with Crippen LogP contribution in [-0.4, -0.2) is 17.7 Å². The molecule has 3 rings (SSSR count).